The molecular formula is C13H14ClN3O2. The van der Waals surface area contributed by atoms with Crippen molar-refractivity contribution in [2.45, 2.75) is 19.1 Å². The van der Waals surface area contributed by atoms with Gasteiger partial charge in [0.2, 0.25) is 5.82 Å². The van der Waals surface area contributed by atoms with Gasteiger partial charge in [-0.1, -0.05) is 28.9 Å². The van der Waals surface area contributed by atoms with Crippen molar-refractivity contribution in [2.24, 2.45) is 0 Å². The zero-order valence-corrected chi connectivity index (χ0v) is 11.3. The maximum atomic E-state index is 6.09. The molecule has 0 bridgehead atoms. The molecule has 1 N–H and O–H groups in total. The standard InChI is InChI=1S/C13H14ClN3O2/c1-13(7-15-8-13)18-6-11-16-12(17-19-11)9-4-2-3-5-10(9)14/h2-5,15H,6-8H2,1H3. The van der Waals surface area contributed by atoms with E-state index in [9.17, 15) is 0 Å². The van der Waals surface area contributed by atoms with Crippen molar-refractivity contribution < 1.29 is 9.26 Å². The van der Waals surface area contributed by atoms with Crippen molar-refractivity contribution >= 4 is 11.6 Å². The second-order valence-electron chi connectivity index (χ2n) is 4.83. The molecule has 2 aromatic rings. The van der Waals surface area contributed by atoms with Gasteiger partial charge in [0.05, 0.1) is 10.6 Å². The summed E-state index contributed by atoms with van der Waals surface area (Å²) in [5.74, 6) is 0.948. The fourth-order valence-corrected chi connectivity index (χ4v) is 2.10. The summed E-state index contributed by atoms with van der Waals surface area (Å²) in [5, 5.41) is 7.70. The van der Waals surface area contributed by atoms with E-state index in [2.05, 4.69) is 22.4 Å². The van der Waals surface area contributed by atoms with Crippen LogP contribution >= 0.6 is 11.6 Å². The Morgan fingerprint density at radius 2 is 2.21 bits per heavy atom. The molecule has 0 atom stereocenters. The van der Waals surface area contributed by atoms with Crippen LogP contribution < -0.4 is 5.32 Å². The molecule has 0 radical (unpaired) electrons. The Morgan fingerprint density at radius 3 is 2.89 bits per heavy atom. The molecular weight excluding hydrogens is 266 g/mol. The zero-order valence-electron chi connectivity index (χ0n) is 10.5. The predicted molar refractivity (Wildman–Crippen MR) is 70.8 cm³/mol. The molecule has 0 spiro atoms. The first-order valence-electron chi connectivity index (χ1n) is 6.08. The van der Waals surface area contributed by atoms with Crippen molar-refractivity contribution in [3.63, 3.8) is 0 Å². The Bertz CT molecular complexity index is 581. The van der Waals surface area contributed by atoms with Crippen molar-refractivity contribution in [3.8, 4) is 11.4 Å². The molecule has 1 aliphatic heterocycles. The van der Waals surface area contributed by atoms with Gasteiger partial charge in [-0.2, -0.15) is 4.98 Å². The Balaban J connectivity index is 1.71. The van der Waals surface area contributed by atoms with E-state index in [0.717, 1.165) is 18.7 Å². The molecule has 2 heterocycles. The summed E-state index contributed by atoms with van der Waals surface area (Å²) < 4.78 is 10.9. The quantitative estimate of drug-likeness (QED) is 0.930. The average Bonchev–Trinajstić information content (AvgIpc) is 2.83. The number of benzene rings is 1. The summed E-state index contributed by atoms with van der Waals surface area (Å²) in [6.07, 6.45) is 0. The molecule has 0 amide bonds. The van der Waals surface area contributed by atoms with E-state index in [1.165, 1.54) is 0 Å². The van der Waals surface area contributed by atoms with Gasteiger partial charge in [-0.3, -0.25) is 0 Å². The number of hydrogen-bond acceptors (Lipinski definition) is 5. The average molecular weight is 280 g/mol. The molecule has 0 unspecified atom stereocenters. The Hall–Kier alpha value is -1.43. The topological polar surface area (TPSA) is 60.2 Å². The van der Waals surface area contributed by atoms with Crippen LogP contribution in [0.3, 0.4) is 0 Å². The lowest BCUT2D eigenvalue weighted by molar-refractivity contribution is -0.0841. The molecule has 1 fully saturated rings. The monoisotopic (exact) mass is 279 g/mol. The number of rotatable bonds is 4. The molecule has 6 heteroatoms. The van der Waals surface area contributed by atoms with Crippen LogP contribution in [0.4, 0.5) is 0 Å². The van der Waals surface area contributed by atoms with Crippen LogP contribution in [0.1, 0.15) is 12.8 Å². The van der Waals surface area contributed by atoms with Crippen LogP contribution in [0.5, 0.6) is 0 Å². The molecule has 5 nitrogen and oxygen atoms in total. The second kappa shape index (κ2) is 4.92. The summed E-state index contributed by atoms with van der Waals surface area (Å²) >= 11 is 6.09. The number of ether oxygens (including phenoxy) is 1. The first-order valence-corrected chi connectivity index (χ1v) is 6.46. The normalized spacial score (nSPS) is 17.2. The number of nitrogens with zero attached hydrogens (tertiary/aromatic N) is 2. The lowest BCUT2D eigenvalue weighted by atomic mass is 10.0. The summed E-state index contributed by atoms with van der Waals surface area (Å²) in [4.78, 5) is 4.30. The maximum Gasteiger partial charge on any atom is 0.252 e. The molecule has 19 heavy (non-hydrogen) atoms. The number of halogens is 1. The number of aromatic nitrogens is 2. The van der Waals surface area contributed by atoms with Gasteiger partial charge in [-0.15, -0.1) is 0 Å². The third-order valence-corrected chi connectivity index (χ3v) is 3.45. The fraction of sp³-hybridized carbons (Fsp3) is 0.385. The largest absolute Gasteiger partial charge is 0.363 e. The van der Waals surface area contributed by atoms with Gasteiger partial charge in [-0.05, 0) is 19.1 Å². The van der Waals surface area contributed by atoms with E-state index in [0.29, 0.717) is 23.3 Å². The summed E-state index contributed by atoms with van der Waals surface area (Å²) in [6, 6.07) is 7.40. The summed E-state index contributed by atoms with van der Waals surface area (Å²) in [6.45, 7) is 4.06. The van der Waals surface area contributed by atoms with Gasteiger partial charge in [0, 0.05) is 18.7 Å². The lowest BCUT2D eigenvalue weighted by Crippen LogP contribution is -2.58. The van der Waals surface area contributed by atoms with Crippen molar-refractivity contribution in [1.82, 2.24) is 15.5 Å². The van der Waals surface area contributed by atoms with Gasteiger partial charge < -0.3 is 14.6 Å². The minimum atomic E-state index is -0.126. The molecule has 0 saturated carbocycles. The molecule has 0 aliphatic carbocycles. The van der Waals surface area contributed by atoms with E-state index in [4.69, 9.17) is 20.9 Å². The first kappa shape index (κ1) is 12.6. The Kier molecular flexibility index (Phi) is 3.26. The highest BCUT2D eigenvalue weighted by Gasteiger charge is 2.33. The summed E-state index contributed by atoms with van der Waals surface area (Å²) in [5.41, 5.74) is 0.634. The highest BCUT2D eigenvalue weighted by atomic mass is 35.5. The highest BCUT2D eigenvalue weighted by Crippen LogP contribution is 2.25. The smallest absolute Gasteiger partial charge is 0.252 e. The first-order chi connectivity index (χ1) is 9.16. The van der Waals surface area contributed by atoms with Crippen molar-refractivity contribution in [2.75, 3.05) is 13.1 Å². The van der Waals surface area contributed by atoms with Gasteiger partial charge in [0.1, 0.15) is 6.61 Å². The van der Waals surface area contributed by atoms with E-state index < -0.39 is 0 Å². The van der Waals surface area contributed by atoms with E-state index in [-0.39, 0.29) is 5.60 Å². The van der Waals surface area contributed by atoms with E-state index in [1.54, 1.807) is 6.07 Å². The second-order valence-corrected chi connectivity index (χ2v) is 5.24. The van der Waals surface area contributed by atoms with Crippen LogP contribution in [0, 0.1) is 0 Å². The van der Waals surface area contributed by atoms with Crippen molar-refractivity contribution in [3.05, 3.63) is 35.2 Å². The molecule has 1 aromatic heterocycles. The van der Waals surface area contributed by atoms with E-state index >= 15 is 0 Å². The van der Waals surface area contributed by atoms with Gasteiger partial charge in [0.15, 0.2) is 0 Å². The fourth-order valence-electron chi connectivity index (χ4n) is 1.88. The third kappa shape index (κ3) is 2.63. The number of hydrogen-bond donors (Lipinski definition) is 1. The summed E-state index contributed by atoms with van der Waals surface area (Å²) in [7, 11) is 0. The highest BCUT2D eigenvalue weighted by molar-refractivity contribution is 6.33. The van der Waals surface area contributed by atoms with Crippen molar-refractivity contribution in [1.29, 1.82) is 0 Å². The zero-order chi connectivity index (χ0) is 13.3. The molecule has 1 aliphatic rings. The minimum absolute atomic E-state index is 0.126. The van der Waals surface area contributed by atoms with Crippen LogP contribution in [0.2, 0.25) is 5.02 Å². The molecule has 100 valence electrons. The maximum absolute atomic E-state index is 6.09. The number of nitrogens with one attached hydrogen (secondary N) is 1. The van der Waals surface area contributed by atoms with Crippen LogP contribution in [-0.2, 0) is 11.3 Å². The van der Waals surface area contributed by atoms with Gasteiger partial charge in [-0.25, -0.2) is 0 Å². The Labute approximate surface area is 115 Å². The van der Waals surface area contributed by atoms with Gasteiger partial charge in [0.25, 0.3) is 5.89 Å². The van der Waals surface area contributed by atoms with Gasteiger partial charge >= 0.3 is 0 Å². The van der Waals surface area contributed by atoms with E-state index in [1.807, 2.05) is 18.2 Å². The molecule has 3 rings (SSSR count). The molecule has 1 saturated heterocycles. The molecule has 1 aromatic carbocycles. The lowest BCUT2D eigenvalue weighted by Gasteiger charge is -2.38. The minimum Gasteiger partial charge on any atom is -0.363 e. The SMILES string of the molecule is CC1(OCc2nc(-c3ccccc3Cl)no2)CNC1. The predicted octanol–water partition coefficient (Wildman–Crippen LogP) is 2.27. The van der Waals surface area contributed by atoms with Crippen LogP contribution in [0.25, 0.3) is 11.4 Å². The van der Waals surface area contributed by atoms with Crippen LogP contribution in [-0.4, -0.2) is 28.8 Å². The van der Waals surface area contributed by atoms with Crippen LogP contribution in [0.15, 0.2) is 28.8 Å². The Morgan fingerprint density at radius 1 is 1.42 bits per heavy atom. The third-order valence-electron chi connectivity index (χ3n) is 3.12.